The number of amides is 1. The Morgan fingerprint density at radius 2 is 1.97 bits per heavy atom. The molecule has 39 heavy (non-hydrogen) atoms. The normalized spacial score (nSPS) is 16.8. The predicted octanol–water partition coefficient (Wildman–Crippen LogP) is 6.71. The molecule has 4 aromatic rings. The van der Waals surface area contributed by atoms with Crippen LogP contribution in [0.1, 0.15) is 68.7 Å². The van der Waals surface area contributed by atoms with Gasteiger partial charge in [-0.25, -0.2) is 15.0 Å². The Morgan fingerprint density at radius 3 is 2.77 bits per heavy atom. The minimum absolute atomic E-state index is 0.0198. The number of piperidine rings is 1. The largest absolute Gasteiger partial charge is 0.360 e. The van der Waals surface area contributed by atoms with Gasteiger partial charge in [0.15, 0.2) is 0 Å². The minimum atomic E-state index is -0.172. The van der Waals surface area contributed by atoms with Crippen LogP contribution in [-0.2, 0) is 0 Å². The second-order valence-corrected chi connectivity index (χ2v) is 11.0. The van der Waals surface area contributed by atoms with E-state index in [2.05, 4.69) is 44.0 Å². The van der Waals surface area contributed by atoms with Crippen molar-refractivity contribution < 1.29 is 4.79 Å². The fraction of sp³-hybridized carbons (Fsp3) is 0.448. The topological polar surface area (TPSA) is 90.0 Å². The summed E-state index contributed by atoms with van der Waals surface area (Å²) in [4.78, 5) is 35.1. The maximum Gasteiger partial charge on any atom is 0.255 e. The zero-order valence-corrected chi connectivity index (χ0v) is 24.2. The molecule has 2 N–H and O–H groups in total. The van der Waals surface area contributed by atoms with Gasteiger partial charge in [0.2, 0.25) is 0 Å². The Labute approximate surface area is 239 Å². The highest BCUT2D eigenvalue weighted by molar-refractivity contribution is 6.35. The molecular formula is C29H35Cl2N7O. The fourth-order valence-corrected chi connectivity index (χ4v) is 5.85. The molecule has 3 heterocycles. The molecule has 5 rings (SSSR count). The molecule has 10 heteroatoms. The van der Waals surface area contributed by atoms with Gasteiger partial charge in [-0.1, -0.05) is 37.0 Å². The monoisotopic (exact) mass is 567 g/mol. The van der Waals surface area contributed by atoms with Crippen LogP contribution in [0.2, 0.25) is 10.0 Å². The molecule has 0 bridgehead atoms. The lowest BCUT2D eigenvalue weighted by Gasteiger charge is -2.37. The smallest absolute Gasteiger partial charge is 0.255 e. The number of hydrogen-bond donors (Lipinski definition) is 2. The number of carbonyl (C=O) groups is 1. The minimum Gasteiger partial charge on any atom is -0.360 e. The van der Waals surface area contributed by atoms with Crippen LogP contribution >= 0.6 is 23.2 Å². The average Bonchev–Trinajstić information content (AvgIpc) is 3.37. The maximum atomic E-state index is 13.8. The van der Waals surface area contributed by atoms with Gasteiger partial charge < -0.3 is 20.1 Å². The highest BCUT2D eigenvalue weighted by Crippen LogP contribution is 2.31. The van der Waals surface area contributed by atoms with E-state index >= 15 is 0 Å². The molecule has 0 unspecified atom stereocenters. The number of halogens is 2. The molecule has 1 saturated heterocycles. The van der Waals surface area contributed by atoms with Gasteiger partial charge in [0.1, 0.15) is 18.0 Å². The number of rotatable bonds is 9. The third-order valence-electron chi connectivity index (χ3n) is 7.74. The van der Waals surface area contributed by atoms with E-state index in [0.717, 1.165) is 74.1 Å². The van der Waals surface area contributed by atoms with Gasteiger partial charge in [-0.15, -0.1) is 0 Å². The van der Waals surface area contributed by atoms with Crippen molar-refractivity contribution in [3.05, 3.63) is 58.1 Å². The molecule has 206 valence electrons. The summed E-state index contributed by atoms with van der Waals surface area (Å²) in [6.07, 6.45) is 5.67. The Bertz CT molecular complexity index is 1470. The molecule has 1 amide bonds. The lowest BCUT2D eigenvalue weighted by atomic mass is 9.97. The number of carbonyl (C=O) groups excluding carboxylic acids is 1. The summed E-state index contributed by atoms with van der Waals surface area (Å²) in [5, 5.41) is 5.24. The Balaban J connectivity index is 1.38. The molecule has 1 aliphatic rings. The maximum absolute atomic E-state index is 13.8. The Morgan fingerprint density at radius 1 is 1.15 bits per heavy atom. The van der Waals surface area contributed by atoms with Crippen molar-refractivity contribution in [2.24, 2.45) is 0 Å². The molecule has 2 aromatic heterocycles. The number of aromatic amines is 1. The predicted molar refractivity (Wildman–Crippen MR) is 159 cm³/mol. The van der Waals surface area contributed by atoms with Crippen LogP contribution < -0.4 is 5.32 Å². The first kappa shape index (κ1) is 27.6. The molecular weight excluding hydrogens is 533 g/mol. The zero-order chi connectivity index (χ0) is 27.5. The summed E-state index contributed by atoms with van der Waals surface area (Å²) in [5.41, 5.74) is 2.87. The molecule has 0 spiro atoms. The fourth-order valence-electron chi connectivity index (χ4n) is 5.43. The van der Waals surface area contributed by atoms with E-state index in [0.29, 0.717) is 26.9 Å². The van der Waals surface area contributed by atoms with Crippen LogP contribution in [-0.4, -0.2) is 67.9 Å². The van der Waals surface area contributed by atoms with Crippen LogP contribution in [0, 0.1) is 0 Å². The third-order valence-corrected chi connectivity index (χ3v) is 8.29. The molecule has 0 aliphatic carbocycles. The molecule has 1 aliphatic heterocycles. The van der Waals surface area contributed by atoms with Gasteiger partial charge in [0, 0.05) is 29.5 Å². The van der Waals surface area contributed by atoms with E-state index < -0.39 is 0 Å². The summed E-state index contributed by atoms with van der Waals surface area (Å²) in [5.74, 6) is 1.37. The van der Waals surface area contributed by atoms with E-state index in [1.165, 1.54) is 6.33 Å². The molecule has 2 atom stereocenters. The lowest BCUT2D eigenvalue weighted by molar-refractivity contribution is 0.0586. The first-order valence-corrected chi connectivity index (χ1v) is 14.5. The van der Waals surface area contributed by atoms with Crippen LogP contribution in [0.5, 0.6) is 0 Å². The summed E-state index contributed by atoms with van der Waals surface area (Å²) in [6, 6.07) is 9.22. The average molecular weight is 569 g/mol. The second-order valence-electron chi connectivity index (χ2n) is 10.2. The number of fused-ring (bicyclic) bond motifs is 2. The molecule has 0 radical (unpaired) electrons. The number of aromatic nitrogens is 4. The highest BCUT2D eigenvalue weighted by Gasteiger charge is 2.29. The first-order chi connectivity index (χ1) is 18.9. The Hall–Kier alpha value is -2.94. The standard InChI is InChI=1S/C29H35Cl2N7O/c1-4-37(5-2)13-11-20-8-6-7-12-38(20)29(39)21-16-25-22(15-23(21)31)28(33-17-32-25)34-18(3)27-35-24-10-9-19(30)14-26(24)36-27/h9-10,14-18,20H,4-8,11-13H2,1-3H3,(H,35,36)(H,32,33,34)/t18-,20-/m1/s1. The number of benzene rings is 2. The van der Waals surface area contributed by atoms with Crippen LogP contribution in [0.15, 0.2) is 36.7 Å². The SMILES string of the molecule is CCN(CC)CC[C@H]1CCCCN1C(=O)c1cc2ncnc(N[C@H](C)c3nc4ccc(Cl)cc4[nH]3)c2cc1Cl. The zero-order valence-electron chi connectivity index (χ0n) is 22.7. The quantitative estimate of drug-likeness (QED) is 0.233. The third kappa shape index (κ3) is 5.98. The van der Waals surface area contributed by atoms with Crippen molar-refractivity contribution in [1.82, 2.24) is 29.7 Å². The highest BCUT2D eigenvalue weighted by atomic mass is 35.5. The van der Waals surface area contributed by atoms with Crippen molar-refractivity contribution in [3.63, 3.8) is 0 Å². The number of anilines is 1. The van der Waals surface area contributed by atoms with Gasteiger partial charge in [-0.3, -0.25) is 4.79 Å². The summed E-state index contributed by atoms with van der Waals surface area (Å²) in [7, 11) is 0. The van der Waals surface area contributed by atoms with Crippen molar-refractivity contribution in [2.75, 3.05) is 31.5 Å². The summed E-state index contributed by atoms with van der Waals surface area (Å²) in [6.45, 7) is 10.2. The molecule has 2 aromatic carbocycles. The molecule has 1 fully saturated rings. The van der Waals surface area contributed by atoms with Crippen LogP contribution in [0.25, 0.3) is 21.9 Å². The van der Waals surface area contributed by atoms with E-state index in [9.17, 15) is 4.79 Å². The van der Waals surface area contributed by atoms with Gasteiger partial charge in [-0.2, -0.15) is 0 Å². The van der Waals surface area contributed by atoms with Crippen molar-refractivity contribution in [2.45, 2.75) is 58.5 Å². The second kappa shape index (κ2) is 12.1. The molecule has 0 saturated carbocycles. The molecule has 8 nitrogen and oxygen atoms in total. The number of hydrogen-bond acceptors (Lipinski definition) is 6. The van der Waals surface area contributed by atoms with E-state index in [4.69, 9.17) is 23.2 Å². The number of H-pyrrole nitrogens is 1. The van der Waals surface area contributed by atoms with Crippen molar-refractivity contribution in [1.29, 1.82) is 0 Å². The van der Waals surface area contributed by atoms with E-state index in [-0.39, 0.29) is 18.0 Å². The van der Waals surface area contributed by atoms with Gasteiger partial charge in [-0.05, 0) is 76.0 Å². The van der Waals surface area contributed by atoms with Gasteiger partial charge in [0.05, 0.1) is 33.2 Å². The summed E-state index contributed by atoms with van der Waals surface area (Å²) >= 11 is 12.9. The summed E-state index contributed by atoms with van der Waals surface area (Å²) < 4.78 is 0. The lowest BCUT2D eigenvalue weighted by Crippen LogP contribution is -2.45. The Kier molecular flexibility index (Phi) is 8.54. The first-order valence-electron chi connectivity index (χ1n) is 13.8. The van der Waals surface area contributed by atoms with Gasteiger partial charge in [0.25, 0.3) is 5.91 Å². The number of imidazole rings is 1. The van der Waals surface area contributed by atoms with Crippen LogP contribution in [0.3, 0.4) is 0 Å². The number of nitrogens with zero attached hydrogens (tertiary/aromatic N) is 5. The van der Waals surface area contributed by atoms with Crippen LogP contribution in [0.4, 0.5) is 5.82 Å². The number of nitrogens with one attached hydrogen (secondary N) is 2. The van der Waals surface area contributed by atoms with Gasteiger partial charge >= 0.3 is 0 Å². The van der Waals surface area contributed by atoms with Crippen molar-refractivity contribution in [3.8, 4) is 0 Å². The van der Waals surface area contributed by atoms with Crippen molar-refractivity contribution >= 4 is 56.9 Å². The van der Waals surface area contributed by atoms with E-state index in [1.54, 1.807) is 12.1 Å². The number of likely N-dealkylation sites (tertiary alicyclic amines) is 1. The van der Waals surface area contributed by atoms with E-state index in [1.807, 2.05) is 30.0 Å².